The molecule has 0 atom stereocenters. The summed E-state index contributed by atoms with van der Waals surface area (Å²) in [5, 5.41) is 14.4. The van der Waals surface area contributed by atoms with Crippen molar-refractivity contribution in [1.82, 2.24) is 21.3 Å². The van der Waals surface area contributed by atoms with Crippen molar-refractivity contribution in [2.75, 3.05) is 27.3 Å². The molecule has 0 heterocycles. The third-order valence-corrected chi connectivity index (χ3v) is 6.19. The van der Waals surface area contributed by atoms with Crippen LogP contribution in [0.2, 0.25) is 0 Å². The first-order valence-electron chi connectivity index (χ1n) is 11.9. The zero-order chi connectivity index (χ0) is 25.6. The van der Waals surface area contributed by atoms with Gasteiger partial charge in [-0.3, -0.25) is 0 Å². The molecule has 0 bridgehead atoms. The summed E-state index contributed by atoms with van der Waals surface area (Å²) in [5.41, 5.74) is 4.79. The fourth-order valence-corrected chi connectivity index (χ4v) is 3.91. The normalized spacial score (nSPS) is 10.3. The van der Waals surface area contributed by atoms with Gasteiger partial charge in [-0.05, 0) is 83.8 Å². The number of hydrogen-bond donors (Lipinski definition) is 4. The van der Waals surface area contributed by atoms with Gasteiger partial charge in [0, 0.05) is 26.2 Å². The molecular formula is C28H34N4O2S2. The summed E-state index contributed by atoms with van der Waals surface area (Å²) >= 11 is 10.9. The lowest BCUT2D eigenvalue weighted by Crippen LogP contribution is -2.36. The van der Waals surface area contributed by atoms with Gasteiger partial charge in [0.05, 0.1) is 14.2 Å². The van der Waals surface area contributed by atoms with Crippen molar-refractivity contribution >= 4 is 34.7 Å². The quantitative estimate of drug-likeness (QED) is 0.265. The molecule has 36 heavy (non-hydrogen) atoms. The molecule has 0 aliphatic heterocycles. The zero-order valence-electron chi connectivity index (χ0n) is 20.8. The van der Waals surface area contributed by atoms with E-state index in [1.807, 2.05) is 30.3 Å². The molecule has 0 aliphatic rings. The fourth-order valence-electron chi connectivity index (χ4n) is 3.56. The predicted octanol–water partition coefficient (Wildman–Crippen LogP) is 4.12. The predicted molar refractivity (Wildman–Crippen MR) is 155 cm³/mol. The Bertz CT molecular complexity index is 1020. The maximum Gasteiger partial charge on any atom is 0.166 e. The van der Waals surface area contributed by atoms with Crippen LogP contribution >= 0.6 is 24.4 Å². The lowest BCUT2D eigenvalue weighted by molar-refractivity contribution is 0.414. The Morgan fingerprint density at radius 3 is 1.39 bits per heavy atom. The number of ether oxygens (including phenoxy) is 2. The van der Waals surface area contributed by atoms with Crippen LogP contribution in [0, 0.1) is 0 Å². The highest BCUT2D eigenvalue weighted by molar-refractivity contribution is 7.80. The summed E-state index contributed by atoms with van der Waals surface area (Å²) < 4.78 is 10.4. The van der Waals surface area contributed by atoms with E-state index in [1.165, 1.54) is 11.1 Å². The van der Waals surface area contributed by atoms with Crippen molar-refractivity contribution in [1.29, 1.82) is 0 Å². The largest absolute Gasteiger partial charge is 0.497 e. The number of rotatable bonds is 12. The molecule has 0 saturated heterocycles. The first kappa shape index (κ1) is 27.2. The van der Waals surface area contributed by atoms with Crippen molar-refractivity contribution < 1.29 is 9.47 Å². The highest BCUT2D eigenvalue weighted by atomic mass is 32.1. The Morgan fingerprint density at radius 1 is 0.583 bits per heavy atom. The second-order valence-electron chi connectivity index (χ2n) is 8.24. The van der Waals surface area contributed by atoms with Gasteiger partial charge in [0.15, 0.2) is 10.2 Å². The first-order chi connectivity index (χ1) is 17.6. The Labute approximate surface area is 224 Å². The second-order valence-corrected chi connectivity index (χ2v) is 9.05. The summed E-state index contributed by atoms with van der Waals surface area (Å²) in [5.74, 6) is 1.73. The molecule has 8 heteroatoms. The molecule has 0 amide bonds. The zero-order valence-corrected chi connectivity index (χ0v) is 22.4. The summed E-state index contributed by atoms with van der Waals surface area (Å²) in [6.07, 6.45) is 1.78. The highest BCUT2D eigenvalue weighted by Crippen LogP contribution is 2.12. The van der Waals surface area contributed by atoms with E-state index in [1.54, 1.807) is 14.2 Å². The Kier molecular flexibility index (Phi) is 11.3. The molecule has 3 rings (SSSR count). The summed E-state index contributed by atoms with van der Waals surface area (Å²) in [6, 6.07) is 24.5. The van der Waals surface area contributed by atoms with Crippen molar-refractivity contribution in [3.8, 4) is 11.5 Å². The molecule has 0 aromatic heterocycles. The lowest BCUT2D eigenvalue weighted by Gasteiger charge is -2.13. The van der Waals surface area contributed by atoms with Crippen LogP contribution in [0.15, 0.2) is 72.8 Å². The number of thiocarbonyl (C=S) groups is 2. The first-order valence-corrected chi connectivity index (χ1v) is 12.7. The van der Waals surface area contributed by atoms with Gasteiger partial charge in [-0.1, -0.05) is 48.5 Å². The van der Waals surface area contributed by atoms with Crippen LogP contribution in [-0.4, -0.2) is 37.5 Å². The van der Waals surface area contributed by atoms with E-state index < -0.39 is 0 Å². The van der Waals surface area contributed by atoms with E-state index >= 15 is 0 Å². The minimum Gasteiger partial charge on any atom is -0.497 e. The van der Waals surface area contributed by atoms with Gasteiger partial charge < -0.3 is 30.7 Å². The van der Waals surface area contributed by atoms with E-state index in [2.05, 4.69) is 63.7 Å². The molecule has 0 radical (unpaired) electrons. The fraction of sp³-hybridized carbons (Fsp3) is 0.286. The monoisotopic (exact) mass is 522 g/mol. The smallest absolute Gasteiger partial charge is 0.166 e. The molecule has 3 aromatic rings. The SMILES string of the molecule is COc1ccc(CCNC(=S)NCc2cccc(CNC(=S)NCCc3ccc(OC)cc3)c2)cc1. The van der Waals surface area contributed by atoms with Crippen molar-refractivity contribution in [3.63, 3.8) is 0 Å². The van der Waals surface area contributed by atoms with Crippen LogP contribution in [0.25, 0.3) is 0 Å². The van der Waals surface area contributed by atoms with Gasteiger partial charge in [0.2, 0.25) is 0 Å². The minimum absolute atomic E-state index is 0.647. The molecule has 0 fully saturated rings. The van der Waals surface area contributed by atoms with Crippen LogP contribution in [-0.2, 0) is 25.9 Å². The summed E-state index contributed by atoms with van der Waals surface area (Å²) in [4.78, 5) is 0. The van der Waals surface area contributed by atoms with E-state index in [9.17, 15) is 0 Å². The van der Waals surface area contributed by atoms with E-state index in [0.717, 1.165) is 48.6 Å². The topological polar surface area (TPSA) is 66.6 Å². The van der Waals surface area contributed by atoms with Gasteiger partial charge in [-0.2, -0.15) is 0 Å². The Balaban J connectivity index is 1.32. The van der Waals surface area contributed by atoms with Crippen molar-refractivity contribution in [2.24, 2.45) is 0 Å². The van der Waals surface area contributed by atoms with Crippen LogP contribution in [0.4, 0.5) is 0 Å². The second kappa shape index (κ2) is 14.9. The summed E-state index contributed by atoms with van der Waals surface area (Å²) in [6.45, 7) is 2.86. The molecule has 4 N–H and O–H groups in total. The van der Waals surface area contributed by atoms with Crippen molar-refractivity contribution in [3.05, 3.63) is 95.1 Å². The van der Waals surface area contributed by atoms with E-state index in [-0.39, 0.29) is 0 Å². The van der Waals surface area contributed by atoms with E-state index in [0.29, 0.717) is 23.3 Å². The Hall–Kier alpha value is -3.36. The van der Waals surface area contributed by atoms with Crippen LogP contribution < -0.4 is 30.7 Å². The van der Waals surface area contributed by atoms with Crippen LogP contribution in [0.1, 0.15) is 22.3 Å². The van der Waals surface area contributed by atoms with Crippen LogP contribution in [0.5, 0.6) is 11.5 Å². The molecule has 3 aromatic carbocycles. The van der Waals surface area contributed by atoms with Gasteiger partial charge >= 0.3 is 0 Å². The average Bonchev–Trinajstić information content (AvgIpc) is 2.92. The van der Waals surface area contributed by atoms with Gasteiger partial charge in [-0.25, -0.2) is 0 Å². The standard InChI is InChI=1S/C28H34N4O2S2/c1-33-25-10-6-21(7-11-25)14-16-29-27(35)31-19-23-4-3-5-24(18-23)20-32-28(36)30-17-15-22-8-12-26(34-2)13-9-22/h3-13,18H,14-17,19-20H2,1-2H3,(H2,29,31,35)(H2,30,32,36). The number of nitrogens with one attached hydrogen (secondary N) is 4. The van der Waals surface area contributed by atoms with Crippen molar-refractivity contribution in [2.45, 2.75) is 25.9 Å². The molecular weight excluding hydrogens is 488 g/mol. The number of methoxy groups -OCH3 is 2. The maximum absolute atomic E-state index is 5.43. The summed E-state index contributed by atoms with van der Waals surface area (Å²) in [7, 11) is 3.34. The Morgan fingerprint density at radius 2 is 1.00 bits per heavy atom. The van der Waals surface area contributed by atoms with Gasteiger partial charge in [-0.15, -0.1) is 0 Å². The van der Waals surface area contributed by atoms with Gasteiger partial charge in [0.1, 0.15) is 11.5 Å². The third-order valence-electron chi connectivity index (χ3n) is 5.61. The molecule has 0 spiro atoms. The molecule has 190 valence electrons. The number of hydrogen-bond acceptors (Lipinski definition) is 4. The van der Waals surface area contributed by atoms with Crippen LogP contribution in [0.3, 0.4) is 0 Å². The average molecular weight is 523 g/mol. The van der Waals surface area contributed by atoms with E-state index in [4.69, 9.17) is 33.9 Å². The molecule has 0 saturated carbocycles. The maximum atomic E-state index is 5.43. The molecule has 0 aliphatic carbocycles. The molecule has 6 nitrogen and oxygen atoms in total. The number of benzene rings is 3. The minimum atomic E-state index is 0.647. The third kappa shape index (κ3) is 9.71. The molecule has 0 unspecified atom stereocenters. The van der Waals surface area contributed by atoms with Gasteiger partial charge in [0.25, 0.3) is 0 Å². The lowest BCUT2D eigenvalue weighted by atomic mass is 10.1. The highest BCUT2D eigenvalue weighted by Gasteiger charge is 2.02.